The number of thiophene rings is 1. The van der Waals surface area contributed by atoms with Gasteiger partial charge in [-0.1, -0.05) is 23.4 Å². The number of primary amides is 1. The molecule has 0 fully saturated rings. The van der Waals surface area contributed by atoms with Crippen LogP contribution in [0.15, 0.2) is 17.3 Å². The van der Waals surface area contributed by atoms with Gasteiger partial charge in [0.1, 0.15) is 17.4 Å². The number of amides is 2. The third kappa shape index (κ3) is 6.62. The molecule has 2 aromatic heterocycles. The summed E-state index contributed by atoms with van der Waals surface area (Å²) in [5.74, 6) is -0.410. The molecule has 37 heavy (non-hydrogen) atoms. The van der Waals surface area contributed by atoms with Crippen LogP contribution in [0.5, 0.6) is 5.75 Å². The number of hydrogen-bond acceptors (Lipinski definition) is 9. The first-order valence-electron chi connectivity index (χ1n) is 11.4. The average Bonchev–Trinajstić information content (AvgIpc) is 3.39. The van der Waals surface area contributed by atoms with Crippen LogP contribution >= 0.6 is 34.7 Å². The molecule has 0 radical (unpaired) electrons. The van der Waals surface area contributed by atoms with Gasteiger partial charge < -0.3 is 25.1 Å². The molecule has 0 aliphatic rings. The summed E-state index contributed by atoms with van der Waals surface area (Å²) in [6.45, 7) is 9.96. The summed E-state index contributed by atoms with van der Waals surface area (Å²) in [6, 6.07) is 3.73. The molecular weight excluding hydrogens is 538 g/mol. The number of benzene rings is 1. The average molecular weight is 566 g/mol. The van der Waals surface area contributed by atoms with E-state index in [1.165, 1.54) is 11.8 Å². The summed E-state index contributed by atoms with van der Waals surface area (Å²) in [5.41, 5.74) is 7.77. The molecule has 3 rings (SSSR count). The molecule has 3 N–H and O–H groups in total. The fraction of sp³-hybridized carbons (Fsp3) is 0.375. The number of carbonyl (C=O) groups is 3. The number of nitrogens with one attached hydrogen (secondary N) is 1. The van der Waals surface area contributed by atoms with Crippen molar-refractivity contribution in [2.24, 2.45) is 5.73 Å². The summed E-state index contributed by atoms with van der Waals surface area (Å²) in [6.07, 6.45) is 0. The highest BCUT2D eigenvalue weighted by atomic mass is 35.5. The predicted octanol–water partition coefficient (Wildman–Crippen LogP) is 4.52. The van der Waals surface area contributed by atoms with Crippen LogP contribution in [-0.4, -0.2) is 44.9 Å². The molecular formula is C24H28ClN5O5S2. The first kappa shape index (κ1) is 28.5. The molecule has 0 saturated carbocycles. The van der Waals surface area contributed by atoms with Crippen molar-refractivity contribution in [3.63, 3.8) is 0 Å². The minimum absolute atomic E-state index is 0.000315. The first-order chi connectivity index (χ1) is 17.6. The second kappa shape index (κ2) is 12.4. The van der Waals surface area contributed by atoms with Crippen LogP contribution in [0.4, 0.5) is 5.00 Å². The minimum atomic E-state index is -0.683. The van der Waals surface area contributed by atoms with E-state index < -0.39 is 11.9 Å². The van der Waals surface area contributed by atoms with Gasteiger partial charge in [0, 0.05) is 11.6 Å². The summed E-state index contributed by atoms with van der Waals surface area (Å²) in [5, 5.41) is 12.6. The third-order valence-electron chi connectivity index (χ3n) is 5.32. The number of halogens is 1. The van der Waals surface area contributed by atoms with Crippen LogP contribution < -0.4 is 15.8 Å². The molecule has 2 heterocycles. The zero-order valence-corrected chi connectivity index (χ0v) is 23.5. The van der Waals surface area contributed by atoms with E-state index in [1.54, 1.807) is 13.8 Å². The number of aromatic nitrogens is 3. The van der Waals surface area contributed by atoms with Crippen molar-refractivity contribution < 1.29 is 23.9 Å². The number of nitrogens with two attached hydrogens (primary N) is 1. The van der Waals surface area contributed by atoms with Gasteiger partial charge in [0.25, 0.3) is 5.91 Å². The number of anilines is 1. The number of nitrogens with zero attached hydrogens (tertiary/aromatic N) is 3. The number of rotatable bonds is 11. The molecule has 1 aromatic carbocycles. The molecule has 0 unspecified atom stereocenters. The largest absolute Gasteiger partial charge is 0.486 e. The molecule has 0 bridgehead atoms. The highest BCUT2D eigenvalue weighted by molar-refractivity contribution is 7.99. The van der Waals surface area contributed by atoms with Crippen molar-refractivity contribution in [3.05, 3.63) is 50.1 Å². The fourth-order valence-corrected chi connectivity index (χ4v) is 5.56. The number of esters is 1. The van der Waals surface area contributed by atoms with Crippen LogP contribution in [0, 0.1) is 20.8 Å². The summed E-state index contributed by atoms with van der Waals surface area (Å²) in [7, 11) is 0. The van der Waals surface area contributed by atoms with Crippen LogP contribution in [0.2, 0.25) is 5.02 Å². The van der Waals surface area contributed by atoms with E-state index in [-0.39, 0.29) is 40.3 Å². The number of carbonyl (C=O) groups excluding carboxylic acids is 3. The Morgan fingerprint density at radius 3 is 2.43 bits per heavy atom. The number of thioether (sulfide) groups is 1. The van der Waals surface area contributed by atoms with Crippen molar-refractivity contribution in [2.75, 3.05) is 17.7 Å². The Kier molecular flexibility index (Phi) is 9.57. The molecule has 0 saturated heterocycles. The molecule has 13 heteroatoms. The van der Waals surface area contributed by atoms with Gasteiger partial charge in [0.15, 0.2) is 11.0 Å². The van der Waals surface area contributed by atoms with Gasteiger partial charge in [-0.25, -0.2) is 4.79 Å². The predicted molar refractivity (Wildman–Crippen MR) is 144 cm³/mol. The molecule has 0 atom stereocenters. The number of ether oxygens (including phenoxy) is 2. The van der Waals surface area contributed by atoms with Gasteiger partial charge in [0.2, 0.25) is 5.91 Å². The Morgan fingerprint density at radius 1 is 1.16 bits per heavy atom. The highest BCUT2D eigenvalue weighted by Gasteiger charge is 2.26. The summed E-state index contributed by atoms with van der Waals surface area (Å²) in [4.78, 5) is 37.1. The topological polar surface area (TPSA) is 138 Å². The van der Waals surface area contributed by atoms with E-state index >= 15 is 0 Å². The Morgan fingerprint density at radius 2 is 1.84 bits per heavy atom. The van der Waals surface area contributed by atoms with E-state index in [0.717, 1.165) is 22.5 Å². The van der Waals surface area contributed by atoms with Gasteiger partial charge in [-0.15, -0.1) is 21.5 Å². The highest BCUT2D eigenvalue weighted by Crippen LogP contribution is 2.34. The lowest BCUT2D eigenvalue weighted by molar-refractivity contribution is -0.113. The van der Waals surface area contributed by atoms with Crippen molar-refractivity contribution in [2.45, 2.75) is 52.9 Å². The molecule has 10 nitrogen and oxygen atoms in total. The van der Waals surface area contributed by atoms with Gasteiger partial charge in [0.05, 0.1) is 22.8 Å². The van der Waals surface area contributed by atoms with Crippen molar-refractivity contribution in [1.29, 1.82) is 0 Å². The smallest absolute Gasteiger partial charge is 0.341 e. The lowest BCUT2D eigenvalue weighted by Crippen LogP contribution is -2.17. The molecule has 2 amide bonds. The maximum atomic E-state index is 12.7. The normalized spacial score (nSPS) is 10.9. The van der Waals surface area contributed by atoms with Crippen LogP contribution in [0.3, 0.4) is 0 Å². The van der Waals surface area contributed by atoms with E-state index in [0.29, 0.717) is 33.9 Å². The van der Waals surface area contributed by atoms with E-state index in [1.807, 2.05) is 37.5 Å². The molecule has 0 spiro atoms. The first-order valence-corrected chi connectivity index (χ1v) is 13.6. The van der Waals surface area contributed by atoms with E-state index in [4.69, 9.17) is 26.8 Å². The van der Waals surface area contributed by atoms with Crippen LogP contribution in [-0.2, 0) is 22.7 Å². The van der Waals surface area contributed by atoms with Crippen molar-refractivity contribution in [1.82, 2.24) is 14.8 Å². The van der Waals surface area contributed by atoms with Gasteiger partial charge in [-0.05, 0) is 63.4 Å². The molecule has 198 valence electrons. The standard InChI is InChI=1S/C24H28ClN5O5S2/c1-6-30-16(10-35-15-8-12(3)19(25)13(4)9-15)28-29-24(30)36-11-17(31)27-22-18(23(33)34-7-2)14(5)20(37-22)21(26)32/h8-9H,6-7,10-11H2,1-5H3,(H2,26,32)(H,27,31). The zero-order valence-electron chi connectivity index (χ0n) is 21.1. The number of hydrogen-bond donors (Lipinski definition) is 2. The van der Waals surface area contributed by atoms with Crippen molar-refractivity contribution >= 4 is 57.5 Å². The zero-order chi connectivity index (χ0) is 27.3. The third-order valence-corrected chi connectivity index (χ3v) is 8.11. The Labute approximate surface area is 227 Å². The van der Waals surface area contributed by atoms with E-state index in [2.05, 4.69) is 15.5 Å². The summed E-state index contributed by atoms with van der Waals surface area (Å²) >= 11 is 8.36. The van der Waals surface area contributed by atoms with Crippen LogP contribution in [0.1, 0.15) is 56.4 Å². The van der Waals surface area contributed by atoms with E-state index in [9.17, 15) is 14.4 Å². The second-order valence-electron chi connectivity index (χ2n) is 7.98. The Hall–Kier alpha value is -3.09. The maximum absolute atomic E-state index is 12.7. The molecule has 0 aliphatic carbocycles. The fourth-order valence-electron chi connectivity index (χ4n) is 3.57. The van der Waals surface area contributed by atoms with Gasteiger partial charge in [-0.3, -0.25) is 9.59 Å². The van der Waals surface area contributed by atoms with Gasteiger partial charge in [-0.2, -0.15) is 0 Å². The molecule has 3 aromatic rings. The Balaban J connectivity index is 1.68. The monoisotopic (exact) mass is 565 g/mol. The second-order valence-corrected chi connectivity index (χ2v) is 10.3. The quantitative estimate of drug-likeness (QED) is 0.255. The van der Waals surface area contributed by atoms with Crippen LogP contribution in [0.25, 0.3) is 0 Å². The van der Waals surface area contributed by atoms with Gasteiger partial charge >= 0.3 is 5.97 Å². The minimum Gasteiger partial charge on any atom is -0.486 e. The molecule has 0 aliphatic heterocycles. The van der Waals surface area contributed by atoms with Crippen molar-refractivity contribution in [3.8, 4) is 5.75 Å². The SMILES string of the molecule is CCOC(=O)c1c(NC(=O)CSc2nnc(COc3cc(C)c(Cl)c(C)c3)n2CC)sc(C(N)=O)c1C. The summed E-state index contributed by atoms with van der Waals surface area (Å²) < 4.78 is 12.8. The maximum Gasteiger partial charge on any atom is 0.341 e. The number of aryl methyl sites for hydroxylation is 2. The lowest BCUT2D eigenvalue weighted by atomic mass is 10.1. The lowest BCUT2D eigenvalue weighted by Gasteiger charge is -2.11. The Bertz CT molecular complexity index is 1310.